The van der Waals surface area contributed by atoms with Crippen molar-refractivity contribution in [3.05, 3.63) is 42.4 Å². The van der Waals surface area contributed by atoms with Crippen LogP contribution in [0.15, 0.2) is 36.7 Å². The Balaban J connectivity index is 1.84. The maximum atomic E-state index is 5.86. The van der Waals surface area contributed by atoms with Crippen molar-refractivity contribution in [3.8, 4) is 0 Å². The Kier molecular flexibility index (Phi) is 3.20. The van der Waals surface area contributed by atoms with E-state index in [4.69, 9.17) is 5.73 Å². The van der Waals surface area contributed by atoms with Gasteiger partial charge in [0.2, 0.25) is 0 Å². The van der Waals surface area contributed by atoms with Crippen LogP contribution in [0.5, 0.6) is 0 Å². The number of fused-ring (bicyclic) bond motifs is 1. The van der Waals surface area contributed by atoms with Crippen LogP contribution in [0.3, 0.4) is 0 Å². The van der Waals surface area contributed by atoms with Crippen LogP contribution in [-0.2, 0) is 6.54 Å². The van der Waals surface area contributed by atoms with E-state index in [-0.39, 0.29) is 0 Å². The Morgan fingerprint density at radius 3 is 3.00 bits per heavy atom. The molecule has 20 heavy (non-hydrogen) atoms. The lowest BCUT2D eigenvalue weighted by atomic mass is 10.1. The Morgan fingerprint density at radius 2 is 2.20 bits per heavy atom. The van der Waals surface area contributed by atoms with Gasteiger partial charge in [-0.25, -0.2) is 0 Å². The van der Waals surface area contributed by atoms with E-state index >= 15 is 0 Å². The normalized spacial score (nSPS) is 10.8. The molecular weight excluding hydrogens is 252 g/mol. The Hall–Kier alpha value is -2.63. The van der Waals surface area contributed by atoms with Gasteiger partial charge in [-0.3, -0.25) is 9.67 Å². The average Bonchev–Trinajstić information content (AvgIpc) is 2.92. The highest BCUT2D eigenvalue weighted by molar-refractivity contribution is 5.93. The summed E-state index contributed by atoms with van der Waals surface area (Å²) < 4.78 is 1.79. The fraction of sp³-hybridized carbons (Fsp3) is 0.214. The predicted octanol–water partition coefficient (Wildman–Crippen LogP) is 1.83. The van der Waals surface area contributed by atoms with Gasteiger partial charge in [0, 0.05) is 35.2 Å². The van der Waals surface area contributed by atoms with E-state index in [1.165, 1.54) is 0 Å². The van der Waals surface area contributed by atoms with Crippen molar-refractivity contribution in [1.82, 2.24) is 20.0 Å². The number of nitrogens with zero attached hydrogens (tertiary/aromatic N) is 4. The van der Waals surface area contributed by atoms with Crippen LogP contribution in [-0.4, -0.2) is 26.5 Å². The number of benzene rings is 1. The molecule has 0 aliphatic rings. The summed E-state index contributed by atoms with van der Waals surface area (Å²) in [6.07, 6.45) is 3.52. The Bertz CT molecular complexity index is 720. The van der Waals surface area contributed by atoms with Gasteiger partial charge in [-0.1, -0.05) is 5.21 Å². The van der Waals surface area contributed by atoms with Crippen molar-refractivity contribution < 1.29 is 0 Å². The van der Waals surface area contributed by atoms with E-state index in [0.717, 1.165) is 41.1 Å². The molecule has 2 heterocycles. The SMILES string of the molecule is Cc1cc(NCCn2ccnn2)c2cc(N)ccc2n1. The Morgan fingerprint density at radius 1 is 1.30 bits per heavy atom. The molecule has 0 aliphatic carbocycles. The number of anilines is 2. The third-order valence-corrected chi connectivity index (χ3v) is 3.09. The van der Waals surface area contributed by atoms with E-state index < -0.39 is 0 Å². The lowest BCUT2D eigenvalue weighted by Crippen LogP contribution is -2.11. The lowest BCUT2D eigenvalue weighted by molar-refractivity contribution is 0.609. The second-order valence-electron chi connectivity index (χ2n) is 4.68. The number of nitrogens with one attached hydrogen (secondary N) is 1. The Labute approximate surface area is 116 Å². The van der Waals surface area contributed by atoms with E-state index in [2.05, 4.69) is 20.6 Å². The number of nitrogen functional groups attached to an aromatic ring is 1. The number of nitrogens with two attached hydrogens (primary N) is 1. The molecule has 0 spiro atoms. The van der Waals surface area contributed by atoms with Crippen LogP contribution in [0, 0.1) is 6.92 Å². The first kappa shape index (κ1) is 12.4. The van der Waals surface area contributed by atoms with E-state index in [0.29, 0.717) is 0 Å². The van der Waals surface area contributed by atoms with Gasteiger partial charge >= 0.3 is 0 Å². The maximum Gasteiger partial charge on any atom is 0.0727 e. The van der Waals surface area contributed by atoms with Crippen LogP contribution in [0.25, 0.3) is 10.9 Å². The van der Waals surface area contributed by atoms with Crippen LogP contribution in [0.2, 0.25) is 0 Å². The van der Waals surface area contributed by atoms with E-state index in [1.807, 2.05) is 37.4 Å². The molecule has 0 saturated heterocycles. The summed E-state index contributed by atoms with van der Waals surface area (Å²) in [5.74, 6) is 0. The minimum absolute atomic E-state index is 0.738. The molecule has 0 aliphatic heterocycles. The van der Waals surface area contributed by atoms with Crippen molar-refractivity contribution >= 4 is 22.3 Å². The van der Waals surface area contributed by atoms with Crippen molar-refractivity contribution in [2.24, 2.45) is 0 Å². The molecule has 3 aromatic rings. The summed E-state index contributed by atoms with van der Waals surface area (Å²) in [5, 5.41) is 12.2. The average molecular weight is 268 g/mol. The number of aryl methyl sites for hydroxylation is 1. The highest BCUT2D eigenvalue weighted by Crippen LogP contribution is 2.25. The van der Waals surface area contributed by atoms with E-state index in [9.17, 15) is 0 Å². The summed E-state index contributed by atoms with van der Waals surface area (Å²) >= 11 is 0. The highest BCUT2D eigenvalue weighted by atomic mass is 15.4. The zero-order valence-electron chi connectivity index (χ0n) is 11.2. The molecule has 3 rings (SSSR count). The highest BCUT2D eigenvalue weighted by Gasteiger charge is 2.04. The van der Waals surface area contributed by atoms with Gasteiger partial charge < -0.3 is 11.1 Å². The van der Waals surface area contributed by atoms with Gasteiger partial charge in [0.15, 0.2) is 0 Å². The smallest absolute Gasteiger partial charge is 0.0727 e. The summed E-state index contributed by atoms with van der Waals surface area (Å²) in [4.78, 5) is 4.51. The first-order valence-electron chi connectivity index (χ1n) is 6.47. The molecule has 0 radical (unpaired) electrons. The first-order chi connectivity index (χ1) is 9.72. The molecule has 6 heteroatoms. The summed E-state index contributed by atoms with van der Waals surface area (Å²) in [7, 11) is 0. The van der Waals surface area contributed by atoms with Gasteiger partial charge in [0.05, 0.1) is 18.3 Å². The van der Waals surface area contributed by atoms with Gasteiger partial charge in [0.1, 0.15) is 0 Å². The number of aromatic nitrogens is 4. The van der Waals surface area contributed by atoms with Crippen molar-refractivity contribution in [3.63, 3.8) is 0 Å². The van der Waals surface area contributed by atoms with Crippen LogP contribution in [0.4, 0.5) is 11.4 Å². The molecule has 0 bridgehead atoms. The largest absolute Gasteiger partial charge is 0.399 e. The van der Waals surface area contributed by atoms with Crippen molar-refractivity contribution in [1.29, 1.82) is 0 Å². The molecule has 0 unspecified atom stereocenters. The quantitative estimate of drug-likeness (QED) is 0.705. The molecule has 0 amide bonds. The zero-order chi connectivity index (χ0) is 13.9. The predicted molar refractivity (Wildman–Crippen MR) is 79.4 cm³/mol. The van der Waals surface area contributed by atoms with Gasteiger partial charge in [0.25, 0.3) is 0 Å². The second-order valence-corrected chi connectivity index (χ2v) is 4.68. The fourth-order valence-electron chi connectivity index (χ4n) is 2.18. The third kappa shape index (κ3) is 2.54. The topological polar surface area (TPSA) is 81.7 Å². The number of hydrogen-bond acceptors (Lipinski definition) is 5. The molecule has 3 N–H and O–H groups in total. The molecule has 0 fully saturated rings. The first-order valence-corrected chi connectivity index (χ1v) is 6.47. The van der Waals surface area contributed by atoms with E-state index in [1.54, 1.807) is 10.9 Å². The molecule has 2 aromatic heterocycles. The van der Waals surface area contributed by atoms with Gasteiger partial charge in [-0.2, -0.15) is 0 Å². The molecule has 0 saturated carbocycles. The number of rotatable bonds is 4. The lowest BCUT2D eigenvalue weighted by Gasteiger charge is -2.11. The summed E-state index contributed by atoms with van der Waals surface area (Å²) in [5.41, 5.74) is 9.56. The minimum Gasteiger partial charge on any atom is -0.399 e. The summed E-state index contributed by atoms with van der Waals surface area (Å²) in [6.45, 7) is 3.50. The minimum atomic E-state index is 0.738. The standard InChI is InChI=1S/C14H16N6/c1-10-8-14(16-4-6-20-7-5-17-19-20)12-9-11(15)2-3-13(12)18-10/h2-3,5,7-9H,4,6,15H2,1H3,(H,16,18). The maximum absolute atomic E-state index is 5.86. The third-order valence-electron chi connectivity index (χ3n) is 3.09. The van der Waals surface area contributed by atoms with Crippen molar-refractivity contribution in [2.45, 2.75) is 13.5 Å². The number of pyridine rings is 1. The second kappa shape index (κ2) is 5.16. The fourth-order valence-corrected chi connectivity index (χ4v) is 2.18. The molecule has 1 aromatic carbocycles. The van der Waals surface area contributed by atoms with Gasteiger partial charge in [-0.15, -0.1) is 5.10 Å². The number of hydrogen-bond donors (Lipinski definition) is 2. The van der Waals surface area contributed by atoms with Crippen LogP contribution < -0.4 is 11.1 Å². The molecule has 102 valence electrons. The monoisotopic (exact) mass is 268 g/mol. The zero-order valence-corrected chi connectivity index (χ0v) is 11.2. The summed E-state index contributed by atoms with van der Waals surface area (Å²) in [6, 6.07) is 7.79. The molecular formula is C14H16N6. The van der Waals surface area contributed by atoms with Crippen molar-refractivity contribution in [2.75, 3.05) is 17.6 Å². The van der Waals surface area contributed by atoms with Gasteiger partial charge in [-0.05, 0) is 31.2 Å². The van der Waals surface area contributed by atoms with Crippen LogP contribution in [0.1, 0.15) is 5.69 Å². The molecule has 0 atom stereocenters. The van der Waals surface area contributed by atoms with Crippen LogP contribution >= 0.6 is 0 Å². The molecule has 6 nitrogen and oxygen atoms in total.